The fourth-order valence-corrected chi connectivity index (χ4v) is 2.05. The van der Waals surface area contributed by atoms with E-state index in [1.54, 1.807) is 48.5 Å². The van der Waals surface area contributed by atoms with Gasteiger partial charge in [-0.2, -0.15) is 0 Å². The third-order valence-electron chi connectivity index (χ3n) is 3.24. The molecule has 6 heteroatoms. The maximum atomic E-state index is 11.9. The summed E-state index contributed by atoms with van der Waals surface area (Å²) in [6.07, 6.45) is 0.0561. The van der Waals surface area contributed by atoms with E-state index in [4.69, 9.17) is 4.74 Å². The summed E-state index contributed by atoms with van der Waals surface area (Å²) in [5, 5.41) is 4.99. The molecule has 2 rings (SSSR count). The predicted octanol–water partition coefficient (Wildman–Crippen LogP) is 3.25. The molecule has 0 unspecified atom stereocenters. The van der Waals surface area contributed by atoms with Gasteiger partial charge in [0, 0.05) is 16.9 Å². The number of carbonyl (C=O) groups is 3. The van der Waals surface area contributed by atoms with E-state index in [1.807, 2.05) is 13.8 Å². The van der Waals surface area contributed by atoms with E-state index in [-0.39, 0.29) is 11.9 Å². The molecule has 25 heavy (non-hydrogen) atoms. The Morgan fingerprint density at radius 2 is 1.24 bits per heavy atom. The summed E-state index contributed by atoms with van der Waals surface area (Å²) >= 11 is 0. The number of benzene rings is 2. The molecule has 2 aromatic rings. The van der Waals surface area contributed by atoms with E-state index in [1.165, 1.54) is 6.92 Å². The zero-order valence-electron chi connectivity index (χ0n) is 14.3. The second-order valence-corrected chi connectivity index (χ2v) is 5.73. The number of Topliss-reactive ketones (excluding diaryl/α,β-unsaturated/α-hetero) is 1. The Morgan fingerprint density at radius 1 is 0.800 bits per heavy atom. The van der Waals surface area contributed by atoms with Gasteiger partial charge in [-0.15, -0.1) is 0 Å². The molecule has 2 N–H and O–H groups in total. The second kappa shape index (κ2) is 8.10. The number of ether oxygens (including phenoxy) is 1. The highest BCUT2D eigenvalue weighted by Crippen LogP contribution is 2.17. The summed E-state index contributed by atoms with van der Waals surface area (Å²) in [4.78, 5) is 35.1. The highest BCUT2D eigenvalue weighted by molar-refractivity contribution is 6.43. The minimum Gasteiger partial charge on any atom is -0.491 e. The third-order valence-corrected chi connectivity index (χ3v) is 3.24. The third kappa shape index (κ3) is 5.46. The zero-order valence-corrected chi connectivity index (χ0v) is 14.3. The molecule has 0 aliphatic rings. The Bertz CT molecular complexity index is 765. The molecule has 2 aromatic carbocycles. The van der Waals surface area contributed by atoms with Crippen LogP contribution in [0.25, 0.3) is 0 Å². The first-order valence-electron chi connectivity index (χ1n) is 7.85. The van der Waals surface area contributed by atoms with Crippen molar-refractivity contribution in [1.29, 1.82) is 0 Å². The van der Waals surface area contributed by atoms with Gasteiger partial charge in [0.2, 0.25) is 0 Å². The topological polar surface area (TPSA) is 84.5 Å². The van der Waals surface area contributed by atoms with Crippen molar-refractivity contribution >= 4 is 29.0 Å². The van der Waals surface area contributed by atoms with Gasteiger partial charge in [-0.3, -0.25) is 14.4 Å². The van der Waals surface area contributed by atoms with Gasteiger partial charge in [-0.05, 0) is 69.3 Å². The smallest absolute Gasteiger partial charge is 0.314 e. The summed E-state index contributed by atoms with van der Waals surface area (Å²) in [6, 6.07) is 13.1. The van der Waals surface area contributed by atoms with Crippen molar-refractivity contribution in [1.82, 2.24) is 0 Å². The Balaban J connectivity index is 1.93. The van der Waals surface area contributed by atoms with Crippen LogP contribution in [0, 0.1) is 0 Å². The first-order valence-corrected chi connectivity index (χ1v) is 7.85. The van der Waals surface area contributed by atoms with E-state index >= 15 is 0 Å². The molecule has 130 valence electrons. The summed E-state index contributed by atoms with van der Waals surface area (Å²) in [5.74, 6) is -0.963. The van der Waals surface area contributed by atoms with Crippen molar-refractivity contribution in [2.75, 3.05) is 10.6 Å². The first-order chi connectivity index (χ1) is 11.8. The number of carbonyl (C=O) groups excluding carboxylic acids is 3. The predicted molar refractivity (Wildman–Crippen MR) is 95.9 cm³/mol. The largest absolute Gasteiger partial charge is 0.491 e. The molecule has 0 radical (unpaired) electrons. The van der Waals surface area contributed by atoms with Crippen LogP contribution in [0.2, 0.25) is 0 Å². The maximum Gasteiger partial charge on any atom is 0.314 e. The van der Waals surface area contributed by atoms with Crippen LogP contribution >= 0.6 is 0 Å². The fraction of sp³-hybridized carbons (Fsp3) is 0.211. The first kappa shape index (κ1) is 18.2. The maximum absolute atomic E-state index is 11.9. The highest BCUT2D eigenvalue weighted by atomic mass is 16.5. The fourth-order valence-electron chi connectivity index (χ4n) is 2.05. The lowest BCUT2D eigenvalue weighted by molar-refractivity contribution is -0.132. The Hall–Kier alpha value is -3.15. The van der Waals surface area contributed by atoms with E-state index < -0.39 is 11.8 Å². The highest BCUT2D eigenvalue weighted by Gasteiger charge is 2.14. The lowest BCUT2D eigenvalue weighted by Gasteiger charge is -2.10. The van der Waals surface area contributed by atoms with Crippen LogP contribution in [-0.4, -0.2) is 23.7 Å². The van der Waals surface area contributed by atoms with Crippen LogP contribution in [-0.2, 0) is 9.59 Å². The van der Waals surface area contributed by atoms with Crippen LogP contribution in [0.5, 0.6) is 5.75 Å². The quantitative estimate of drug-likeness (QED) is 0.646. The minimum absolute atomic E-state index is 0.0561. The van der Waals surface area contributed by atoms with Crippen molar-refractivity contribution in [3.8, 4) is 5.75 Å². The van der Waals surface area contributed by atoms with Gasteiger partial charge in [-0.1, -0.05) is 0 Å². The molecule has 0 heterocycles. The number of rotatable bonds is 5. The number of nitrogens with one attached hydrogen (secondary N) is 2. The molecule has 0 atom stereocenters. The second-order valence-electron chi connectivity index (χ2n) is 5.73. The van der Waals surface area contributed by atoms with Crippen LogP contribution in [0.3, 0.4) is 0 Å². The molecule has 0 aromatic heterocycles. The van der Waals surface area contributed by atoms with E-state index in [2.05, 4.69) is 10.6 Å². The summed E-state index contributed by atoms with van der Waals surface area (Å²) < 4.78 is 5.51. The van der Waals surface area contributed by atoms with Crippen molar-refractivity contribution in [2.45, 2.75) is 26.9 Å². The van der Waals surface area contributed by atoms with Crippen LogP contribution in [0.15, 0.2) is 48.5 Å². The summed E-state index contributed by atoms with van der Waals surface area (Å²) in [6.45, 7) is 5.30. The number of hydrogen-bond donors (Lipinski definition) is 2. The van der Waals surface area contributed by atoms with Gasteiger partial charge in [0.15, 0.2) is 5.78 Å². The molecule has 2 amide bonds. The molecule has 0 aliphatic heterocycles. The summed E-state index contributed by atoms with van der Waals surface area (Å²) in [5.41, 5.74) is 1.46. The summed E-state index contributed by atoms with van der Waals surface area (Å²) in [7, 11) is 0. The SMILES string of the molecule is CC(=O)c1ccc(NC(=O)C(=O)Nc2ccc(OC(C)C)cc2)cc1. The van der Waals surface area contributed by atoms with Crippen molar-refractivity contribution in [3.05, 3.63) is 54.1 Å². The van der Waals surface area contributed by atoms with Crippen LogP contribution in [0.1, 0.15) is 31.1 Å². The molecule has 0 spiro atoms. The molecule has 0 aliphatic carbocycles. The molecule has 0 fully saturated rings. The van der Waals surface area contributed by atoms with E-state index in [0.29, 0.717) is 22.7 Å². The molecule has 0 saturated heterocycles. The van der Waals surface area contributed by atoms with Gasteiger partial charge in [0.1, 0.15) is 5.75 Å². The number of ketones is 1. The minimum atomic E-state index is -0.793. The molecular weight excluding hydrogens is 320 g/mol. The molecular formula is C19H20N2O4. The van der Waals surface area contributed by atoms with Crippen molar-refractivity contribution < 1.29 is 19.1 Å². The monoisotopic (exact) mass is 340 g/mol. The van der Waals surface area contributed by atoms with Gasteiger partial charge in [0.25, 0.3) is 0 Å². The van der Waals surface area contributed by atoms with Crippen molar-refractivity contribution in [3.63, 3.8) is 0 Å². The number of anilines is 2. The average molecular weight is 340 g/mol. The van der Waals surface area contributed by atoms with Gasteiger partial charge < -0.3 is 15.4 Å². The Labute approximate surface area is 146 Å². The van der Waals surface area contributed by atoms with Gasteiger partial charge in [-0.25, -0.2) is 0 Å². The normalized spacial score (nSPS) is 10.2. The molecule has 0 bridgehead atoms. The van der Waals surface area contributed by atoms with Gasteiger partial charge in [0.05, 0.1) is 6.10 Å². The van der Waals surface area contributed by atoms with Crippen LogP contribution < -0.4 is 15.4 Å². The molecule has 0 saturated carbocycles. The lowest BCUT2D eigenvalue weighted by atomic mass is 10.1. The average Bonchev–Trinajstić information content (AvgIpc) is 2.56. The van der Waals surface area contributed by atoms with E-state index in [9.17, 15) is 14.4 Å². The van der Waals surface area contributed by atoms with Gasteiger partial charge >= 0.3 is 11.8 Å². The number of amides is 2. The molecule has 6 nitrogen and oxygen atoms in total. The van der Waals surface area contributed by atoms with Crippen LogP contribution in [0.4, 0.5) is 11.4 Å². The van der Waals surface area contributed by atoms with Crippen molar-refractivity contribution in [2.24, 2.45) is 0 Å². The lowest BCUT2D eigenvalue weighted by Crippen LogP contribution is -2.29. The Kier molecular flexibility index (Phi) is 5.89. The Morgan fingerprint density at radius 3 is 1.64 bits per heavy atom. The number of hydrogen-bond acceptors (Lipinski definition) is 4. The standard InChI is InChI=1S/C19H20N2O4/c1-12(2)25-17-10-8-16(9-11-17)21-19(24)18(23)20-15-6-4-14(5-7-15)13(3)22/h4-12H,1-3H3,(H,20,23)(H,21,24). The van der Waals surface area contributed by atoms with E-state index in [0.717, 1.165) is 0 Å². The zero-order chi connectivity index (χ0) is 18.4.